The maximum absolute atomic E-state index is 12.1. The molecule has 1 aliphatic rings. The highest BCUT2D eigenvalue weighted by Crippen LogP contribution is 2.16. The van der Waals surface area contributed by atoms with Gasteiger partial charge in [-0.2, -0.15) is 5.10 Å². The molecule has 0 unspecified atom stereocenters. The van der Waals surface area contributed by atoms with Crippen molar-refractivity contribution in [3.63, 3.8) is 0 Å². The van der Waals surface area contributed by atoms with Gasteiger partial charge in [-0.05, 0) is 25.7 Å². The summed E-state index contributed by atoms with van der Waals surface area (Å²) < 4.78 is 1.62. The second-order valence-electron chi connectivity index (χ2n) is 4.85. The Balaban J connectivity index is 1.96. The van der Waals surface area contributed by atoms with Crippen LogP contribution < -0.4 is 0 Å². The molecule has 1 amide bonds. The molecular weight excluding hydrogens is 238 g/mol. The number of rotatable bonds is 2. The zero-order chi connectivity index (χ0) is 12.4. The van der Waals surface area contributed by atoms with Gasteiger partial charge >= 0.3 is 0 Å². The maximum atomic E-state index is 12.1. The lowest BCUT2D eigenvalue weighted by Gasteiger charge is -2.30. The molecule has 0 saturated carbocycles. The van der Waals surface area contributed by atoms with E-state index in [2.05, 4.69) is 12.0 Å². The molecule has 0 bridgehead atoms. The first kappa shape index (κ1) is 12.4. The minimum Gasteiger partial charge on any atom is -0.341 e. The first-order valence-corrected chi connectivity index (χ1v) is 6.41. The molecule has 1 atom stereocenters. The zero-order valence-corrected chi connectivity index (χ0v) is 11.1. The molecule has 1 fully saturated rings. The average molecular weight is 256 g/mol. The highest BCUT2D eigenvalue weighted by molar-refractivity contribution is 6.31. The monoisotopic (exact) mass is 255 g/mol. The summed E-state index contributed by atoms with van der Waals surface area (Å²) in [4.78, 5) is 14.0. The Morgan fingerprint density at radius 3 is 3.00 bits per heavy atom. The highest BCUT2D eigenvalue weighted by Gasteiger charge is 2.21. The Labute approximate surface area is 107 Å². The lowest BCUT2D eigenvalue weighted by molar-refractivity contribution is -0.133. The summed E-state index contributed by atoms with van der Waals surface area (Å²) in [6, 6.07) is 0. The quantitative estimate of drug-likeness (QED) is 0.812. The van der Waals surface area contributed by atoms with Crippen molar-refractivity contribution in [2.45, 2.75) is 33.2 Å². The number of carbonyl (C=O) groups excluding carboxylic acids is 1. The van der Waals surface area contributed by atoms with Gasteiger partial charge in [0.2, 0.25) is 5.91 Å². The van der Waals surface area contributed by atoms with Crippen LogP contribution in [0, 0.1) is 12.8 Å². The van der Waals surface area contributed by atoms with Gasteiger partial charge in [-0.15, -0.1) is 0 Å². The van der Waals surface area contributed by atoms with E-state index in [0.717, 1.165) is 25.2 Å². The summed E-state index contributed by atoms with van der Waals surface area (Å²) in [6.07, 6.45) is 4.03. The summed E-state index contributed by atoms with van der Waals surface area (Å²) in [5.74, 6) is 0.742. The molecule has 4 nitrogen and oxygen atoms in total. The highest BCUT2D eigenvalue weighted by atomic mass is 35.5. The van der Waals surface area contributed by atoms with Crippen LogP contribution >= 0.6 is 11.6 Å². The normalized spacial score (nSPS) is 20.6. The smallest absolute Gasteiger partial charge is 0.244 e. The molecule has 5 heteroatoms. The lowest BCUT2D eigenvalue weighted by atomic mass is 10.0. The minimum atomic E-state index is 0.135. The third-order valence-electron chi connectivity index (χ3n) is 3.19. The lowest BCUT2D eigenvalue weighted by Crippen LogP contribution is -2.40. The molecule has 1 saturated heterocycles. The summed E-state index contributed by atoms with van der Waals surface area (Å²) in [5.41, 5.74) is 0.770. The van der Waals surface area contributed by atoms with E-state index < -0.39 is 0 Å². The topological polar surface area (TPSA) is 38.1 Å². The maximum Gasteiger partial charge on any atom is 0.244 e. The molecule has 1 aliphatic heterocycles. The Hall–Kier alpha value is -1.03. The fourth-order valence-electron chi connectivity index (χ4n) is 2.23. The standard InChI is InChI=1S/C12H18ClN3O/c1-9-4-3-5-15(6-9)12(17)8-16-7-11(13)10(2)14-16/h7,9H,3-6,8H2,1-2H3/t9-/m0/s1. The van der Waals surface area contributed by atoms with Gasteiger partial charge in [0.15, 0.2) is 0 Å². The van der Waals surface area contributed by atoms with Crippen LogP contribution in [-0.2, 0) is 11.3 Å². The van der Waals surface area contributed by atoms with Gasteiger partial charge in [-0.3, -0.25) is 9.48 Å². The molecule has 0 N–H and O–H groups in total. The van der Waals surface area contributed by atoms with Gasteiger partial charge < -0.3 is 4.90 Å². The number of carbonyl (C=O) groups is 1. The molecule has 17 heavy (non-hydrogen) atoms. The van der Waals surface area contributed by atoms with Gasteiger partial charge in [0.1, 0.15) is 6.54 Å². The number of hydrogen-bond donors (Lipinski definition) is 0. The number of likely N-dealkylation sites (tertiary alicyclic amines) is 1. The van der Waals surface area contributed by atoms with Crippen molar-refractivity contribution in [1.82, 2.24) is 14.7 Å². The average Bonchev–Trinajstić information content (AvgIpc) is 2.58. The van der Waals surface area contributed by atoms with Crippen LogP contribution in [-0.4, -0.2) is 33.7 Å². The van der Waals surface area contributed by atoms with E-state index in [9.17, 15) is 4.79 Å². The molecule has 0 aromatic carbocycles. The van der Waals surface area contributed by atoms with Crippen LogP contribution in [0.3, 0.4) is 0 Å². The summed E-state index contributed by atoms with van der Waals surface area (Å²) in [6.45, 7) is 6.06. The number of hydrogen-bond acceptors (Lipinski definition) is 2. The molecule has 0 spiro atoms. The van der Waals surface area contributed by atoms with Crippen molar-refractivity contribution in [3.8, 4) is 0 Å². The summed E-state index contributed by atoms with van der Waals surface area (Å²) >= 11 is 5.91. The van der Waals surface area contributed by atoms with Gasteiger partial charge in [-0.1, -0.05) is 18.5 Å². The third-order valence-corrected chi connectivity index (χ3v) is 3.56. The van der Waals surface area contributed by atoms with E-state index >= 15 is 0 Å². The van der Waals surface area contributed by atoms with E-state index in [4.69, 9.17) is 11.6 Å². The first-order valence-electron chi connectivity index (χ1n) is 6.03. The van der Waals surface area contributed by atoms with Crippen molar-refractivity contribution < 1.29 is 4.79 Å². The molecule has 0 aliphatic carbocycles. The van der Waals surface area contributed by atoms with Gasteiger partial charge in [0.25, 0.3) is 0 Å². The van der Waals surface area contributed by atoms with Crippen molar-refractivity contribution in [2.24, 2.45) is 5.92 Å². The number of halogens is 1. The fraction of sp³-hybridized carbons (Fsp3) is 0.667. The number of amides is 1. The second-order valence-corrected chi connectivity index (χ2v) is 5.25. The minimum absolute atomic E-state index is 0.135. The van der Waals surface area contributed by atoms with Crippen LogP contribution in [0.1, 0.15) is 25.5 Å². The van der Waals surface area contributed by atoms with E-state index in [1.165, 1.54) is 6.42 Å². The van der Waals surface area contributed by atoms with E-state index in [1.807, 2.05) is 11.8 Å². The Kier molecular flexibility index (Phi) is 3.72. The van der Waals surface area contributed by atoms with E-state index in [0.29, 0.717) is 17.5 Å². The molecule has 94 valence electrons. The fourth-order valence-corrected chi connectivity index (χ4v) is 2.38. The van der Waals surface area contributed by atoms with Crippen LogP contribution in [0.5, 0.6) is 0 Å². The van der Waals surface area contributed by atoms with E-state index in [-0.39, 0.29) is 5.91 Å². The van der Waals surface area contributed by atoms with Crippen LogP contribution in [0.15, 0.2) is 6.20 Å². The van der Waals surface area contributed by atoms with Crippen LogP contribution in [0.4, 0.5) is 0 Å². The molecule has 0 radical (unpaired) electrons. The third kappa shape index (κ3) is 3.00. The molecule has 1 aromatic heterocycles. The molecule has 2 rings (SSSR count). The number of nitrogens with zero attached hydrogens (tertiary/aromatic N) is 3. The Morgan fingerprint density at radius 2 is 2.41 bits per heavy atom. The SMILES string of the molecule is Cc1nn(CC(=O)N2CCC[C@H](C)C2)cc1Cl. The van der Waals surface area contributed by atoms with Gasteiger partial charge in [0, 0.05) is 19.3 Å². The van der Waals surface area contributed by atoms with Crippen molar-refractivity contribution in [2.75, 3.05) is 13.1 Å². The van der Waals surface area contributed by atoms with Crippen molar-refractivity contribution in [3.05, 3.63) is 16.9 Å². The predicted molar refractivity (Wildman–Crippen MR) is 67.0 cm³/mol. The van der Waals surface area contributed by atoms with Crippen molar-refractivity contribution in [1.29, 1.82) is 0 Å². The number of piperidine rings is 1. The largest absolute Gasteiger partial charge is 0.341 e. The van der Waals surface area contributed by atoms with Gasteiger partial charge in [0.05, 0.1) is 10.7 Å². The predicted octanol–water partition coefficient (Wildman–Crippen LogP) is 2.10. The second kappa shape index (κ2) is 5.08. The van der Waals surface area contributed by atoms with Gasteiger partial charge in [-0.25, -0.2) is 0 Å². The summed E-state index contributed by atoms with van der Waals surface area (Å²) in [7, 11) is 0. The number of aryl methyl sites for hydroxylation is 1. The zero-order valence-electron chi connectivity index (χ0n) is 10.3. The molecule has 1 aromatic rings. The Bertz CT molecular complexity index is 396. The summed E-state index contributed by atoms with van der Waals surface area (Å²) in [5, 5.41) is 4.82. The van der Waals surface area contributed by atoms with Crippen molar-refractivity contribution >= 4 is 17.5 Å². The van der Waals surface area contributed by atoms with Crippen LogP contribution in [0.2, 0.25) is 5.02 Å². The number of aromatic nitrogens is 2. The Morgan fingerprint density at radius 1 is 1.65 bits per heavy atom. The van der Waals surface area contributed by atoms with E-state index in [1.54, 1.807) is 10.9 Å². The first-order chi connectivity index (χ1) is 8.06. The molecule has 2 heterocycles. The molecular formula is C12H18ClN3O. The van der Waals surface area contributed by atoms with Crippen LogP contribution in [0.25, 0.3) is 0 Å².